The minimum Gasteiger partial charge on any atom is -0.338 e. The van der Waals surface area contributed by atoms with E-state index in [0.29, 0.717) is 5.89 Å². The number of imidazole rings is 1. The van der Waals surface area contributed by atoms with Crippen molar-refractivity contribution in [3.8, 4) is 0 Å². The Kier molecular flexibility index (Phi) is 4.24. The summed E-state index contributed by atoms with van der Waals surface area (Å²) in [5.41, 5.74) is 2.02. The minimum absolute atomic E-state index is 0.0773. The summed E-state index contributed by atoms with van der Waals surface area (Å²) in [6.45, 7) is 4.20. The maximum Gasteiger partial charge on any atom is 0.239 e. The van der Waals surface area contributed by atoms with Gasteiger partial charge in [-0.2, -0.15) is 4.98 Å². The average molecular weight is 302 g/mol. The van der Waals surface area contributed by atoms with Crippen LogP contribution in [0.15, 0.2) is 33.9 Å². The second kappa shape index (κ2) is 6.30. The van der Waals surface area contributed by atoms with Crippen molar-refractivity contribution in [1.82, 2.24) is 20.1 Å². The van der Waals surface area contributed by atoms with Crippen molar-refractivity contribution < 1.29 is 4.52 Å². The maximum atomic E-state index is 5.35. The molecule has 1 atom stereocenters. The topological polar surface area (TPSA) is 67.6 Å². The quantitative estimate of drug-likeness (QED) is 0.693. The van der Waals surface area contributed by atoms with Crippen molar-refractivity contribution in [3.05, 3.63) is 36.0 Å². The van der Waals surface area contributed by atoms with Gasteiger partial charge in [-0.25, -0.2) is 4.98 Å². The number of nitrogens with one attached hydrogen (secondary N) is 1. The highest BCUT2D eigenvalue weighted by Crippen LogP contribution is 2.33. The van der Waals surface area contributed by atoms with Gasteiger partial charge in [-0.1, -0.05) is 42.4 Å². The third-order valence-corrected chi connectivity index (χ3v) is 4.21. The smallest absolute Gasteiger partial charge is 0.239 e. The van der Waals surface area contributed by atoms with Gasteiger partial charge in [0.2, 0.25) is 5.89 Å². The van der Waals surface area contributed by atoms with Gasteiger partial charge in [0.1, 0.15) is 0 Å². The molecule has 0 spiro atoms. The zero-order valence-corrected chi connectivity index (χ0v) is 13.0. The van der Waals surface area contributed by atoms with E-state index in [1.54, 1.807) is 11.8 Å². The molecule has 6 heteroatoms. The summed E-state index contributed by atoms with van der Waals surface area (Å²) >= 11 is 1.60. The molecule has 0 saturated heterocycles. The first-order valence-corrected chi connectivity index (χ1v) is 8.08. The average Bonchev–Trinajstić information content (AvgIpc) is 3.11. The number of benzene rings is 1. The lowest BCUT2D eigenvalue weighted by Crippen LogP contribution is -1.92. The number of thioether (sulfide) groups is 1. The molecule has 0 aliphatic carbocycles. The second-order valence-corrected chi connectivity index (χ2v) is 6.30. The Bertz CT molecular complexity index is 688. The van der Waals surface area contributed by atoms with Crippen LogP contribution in [0.1, 0.15) is 43.7 Å². The van der Waals surface area contributed by atoms with Crippen LogP contribution in [0, 0.1) is 0 Å². The molecule has 2 aromatic heterocycles. The highest BCUT2D eigenvalue weighted by atomic mass is 32.2. The van der Waals surface area contributed by atoms with Crippen molar-refractivity contribution in [2.45, 2.75) is 43.5 Å². The molecule has 0 bridgehead atoms. The minimum atomic E-state index is 0.0773. The summed E-state index contributed by atoms with van der Waals surface area (Å²) in [5, 5.41) is 4.98. The Morgan fingerprint density at radius 3 is 2.95 bits per heavy atom. The van der Waals surface area contributed by atoms with E-state index in [-0.39, 0.29) is 5.25 Å². The van der Waals surface area contributed by atoms with Crippen LogP contribution in [0.3, 0.4) is 0 Å². The molecule has 0 fully saturated rings. The second-order valence-electron chi connectivity index (χ2n) is 4.97. The normalized spacial score (nSPS) is 12.9. The van der Waals surface area contributed by atoms with Gasteiger partial charge in [-0.15, -0.1) is 0 Å². The predicted octanol–water partition coefficient (Wildman–Crippen LogP) is 4.14. The largest absolute Gasteiger partial charge is 0.338 e. The van der Waals surface area contributed by atoms with Crippen LogP contribution in [0.2, 0.25) is 0 Å². The van der Waals surface area contributed by atoms with Crippen LogP contribution in [-0.4, -0.2) is 20.1 Å². The standard InChI is InChI=1S/C15H18N4OS/c1-3-4-9-13-18-14(20-19-13)10(2)21-15-16-11-7-5-6-8-12(11)17-15/h5-8,10H,3-4,9H2,1-2H3,(H,16,17). The Balaban J connectivity index is 1.70. The lowest BCUT2D eigenvalue weighted by Gasteiger charge is -2.02. The molecule has 1 N–H and O–H groups in total. The number of aromatic nitrogens is 4. The van der Waals surface area contributed by atoms with E-state index in [2.05, 4.69) is 34.0 Å². The third kappa shape index (κ3) is 3.26. The number of hydrogen-bond acceptors (Lipinski definition) is 5. The monoisotopic (exact) mass is 302 g/mol. The molecule has 3 aromatic rings. The molecule has 5 nitrogen and oxygen atoms in total. The number of H-pyrrole nitrogens is 1. The number of aromatic amines is 1. The van der Waals surface area contributed by atoms with Crippen molar-refractivity contribution in [2.75, 3.05) is 0 Å². The Morgan fingerprint density at radius 2 is 2.14 bits per heavy atom. The number of fused-ring (bicyclic) bond motifs is 1. The van der Waals surface area contributed by atoms with Gasteiger partial charge in [0.15, 0.2) is 11.0 Å². The molecule has 0 aliphatic heterocycles. The number of aryl methyl sites for hydroxylation is 1. The highest BCUT2D eigenvalue weighted by Gasteiger charge is 2.17. The molecule has 0 saturated carbocycles. The molecule has 0 radical (unpaired) electrons. The highest BCUT2D eigenvalue weighted by molar-refractivity contribution is 7.99. The van der Waals surface area contributed by atoms with Crippen molar-refractivity contribution in [1.29, 1.82) is 0 Å². The van der Waals surface area contributed by atoms with E-state index in [1.165, 1.54) is 0 Å². The number of nitrogens with zero attached hydrogens (tertiary/aromatic N) is 3. The van der Waals surface area contributed by atoms with Gasteiger partial charge >= 0.3 is 0 Å². The fourth-order valence-corrected chi connectivity index (χ4v) is 2.92. The Morgan fingerprint density at radius 1 is 1.29 bits per heavy atom. The summed E-state index contributed by atoms with van der Waals surface area (Å²) in [5.74, 6) is 1.45. The first-order valence-electron chi connectivity index (χ1n) is 7.20. The van der Waals surface area contributed by atoms with Gasteiger partial charge in [0.05, 0.1) is 16.3 Å². The fraction of sp³-hybridized carbons (Fsp3) is 0.400. The van der Waals surface area contributed by atoms with Gasteiger partial charge in [-0.05, 0) is 25.5 Å². The zero-order chi connectivity index (χ0) is 14.7. The summed E-state index contributed by atoms with van der Waals surface area (Å²) in [4.78, 5) is 12.3. The molecular weight excluding hydrogens is 284 g/mol. The van der Waals surface area contributed by atoms with Crippen LogP contribution >= 0.6 is 11.8 Å². The van der Waals surface area contributed by atoms with E-state index in [9.17, 15) is 0 Å². The molecule has 1 aromatic carbocycles. The third-order valence-electron chi connectivity index (χ3n) is 3.24. The molecule has 3 rings (SSSR count). The van der Waals surface area contributed by atoms with E-state index < -0.39 is 0 Å². The lowest BCUT2D eigenvalue weighted by atomic mass is 10.2. The van der Waals surface area contributed by atoms with Crippen LogP contribution in [-0.2, 0) is 6.42 Å². The fourth-order valence-electron chi connectivity index (χ4n) is 2.07. The summed E-state index contributed by atoms with van der Waals surface area (Å²) in [7, 11) is 0. The van der Waals surface area contributed by atoms with Gasteiger partial charge in [0, 0.05) is 6.42 Å². The first kappa shape index (κ1) is 14.1. The van der Waals surface area contributed by atoms with Crippen LogP contribution < -0.4 is 0 Å². The van der Waals surface area contributed by atoms with Gasteiger partial charge in [0.25, 0.3) is 0 Å². The van der Waals surface area contributed by atoms with E-state index in [4.69, 9.17) is 4.52 Å². The molecule has 1 unspecified atom stereocenters. The SMILES string of the molecule is CCCCc1noc(C(C)Sc2nc3ccccc3[nH]2)n1. The van der Waals surface area contributed by atoms with Gasteiger partial charge in [-0.3, -0.25) is 0 Å². The van der Waals surface area contributed by atoms with E-state index >= 15 is 0 Å². The van der Waals surface area contributed by atoms with E-state index in [0.717, 1.165) is 41.3 Å². The van der Waals surface area contributed by atoms with E-state index in [1.807, 2.05) is 24.3 Å². The van der Waals surface area contributed by atoms with Crippen LogP contribution in [0.25, 0.3) is 11.0 Å². The van der Waals surface area contributed by atoms with Crippen molar-refractivity contribution in [3.63, 3.8) is 0 Å². The number of unbranched alkanes of at least 4 members (excludes halogenated alkanes) is 1. The molecule has 0 aliphatic rings. The summed E-state index contributed by atoms with van der Waals surface area (Å²) in [6.07, 6.45) is 3.10. The lowest BCUT2D eigenvalue weighted by molar-refractivity contribution is 0.374. The van der Waals surface area contributed by atoms with Crippen LogP contribution in [0.4, 0.5) is 0 Å². The summed E-state index contributed by atoms with van der Waals surface area (Å²) < 4.78 is 5.35. The number of para-hydroxylation sites is 2. The molecule has 110 valence electrons. The summed E-state index contributed by atoms with van der Waals surface area (Å²) in [6, 6.07) is 8.00. The van der Waals surface area contributed by atoms with Crippen LogP contribution in [0.5, 0.6) is 0 Å². The molecule has 0 amide bonds. The predicted molar refractivity (Wildman–Crippen MR) is 83.3 cm³/mol. The van der Waals surface area contributed by atoms with Crippen molar-refractivity contribution in [2.24, 2.45) is 0 Å². The maximum absolute atomic E-state index is 5.35. The Hall–Kier alpha value is -1.82. The number of rotatable bonds is 6. The zero-order valence-electron chi connectivity index (χ0n) is 12.2. The van der Waals surface area contributed by atoms with Crippen molar-refractivity contribution >= 4 is 22.8 Å². The molecule has 2 heterocycles. The number of hydrogen-bond donors (Lipinski definition) is 1. The van der Waals surface area contributed by atoms with Gasteiger partial charge < -0.3 is 9.51 Å². The Labute approximate surface area is 127 Å². The molecular formula is C15H18N4OS. The first-order chi connectivity index (χ1) is 10.3. The molecule has 21 heavy (non-hydrogen) atoms.